The number of aromatic nitrogens is 2. The van der Waals surface area contributed by atoms with E-state index in [1.54, 1.807) is 47.0 Å². The van der Waals surface area contributed by atoms with E-state index in [1.165, 1.54) is 0 Å². The lowest BCUT2D eigenvalue weighted by molar-refractivity contribution is -0.137. The van der Waals surface area contributed by atoms with Gasteiger partial charge in [0.2, 0.25) is 0 Å². The van der Waals surface area contributed by atoms with Crippen molar-refractivity contribution in [1.29, 1.82) is 0 Å². The maximum absolute atomic E-state index is 11.1. The Morgan fingerprint density at radius 1 is 1.24 bits per heavy atom. The van der Waals surface area contributed by atoms with Crippen molar-refractivity contribution >= 4 is 34.3 Å². The van der Waals surface area contributed by atoms with Crippen LogP contribution >= 0.6 is 11.6 Å². The van der Waals surface area contributed by atoms with Gasteiger partial charge in [0.25, 0.3) is 0 Å². The third-order valence-corrected chi connectivity index (χ3v) is 3.46. The number of aliphatic carboxylic acids is 1. The molecule has 0 saturated carbocycles. The van der Waals surface area contributed by atoms with Crippen molar-refractivity contribution in [2.45, 2.75) is 6.54 Å². The summed E-state index contributed by atoms with van der Waals surface area (Å²) < 4.78 is 1.64. The number of nitrogen functional groups attached to an aromatic ring is 1. The lowest BCUT2D eigenvalue weighted by Gasteiger charge is -2.06. The minimum absolute atomic E-state index is 0.183. The fourth-order valence-corrected chi connectivity index (χ4v) is 2.41. The predicted octanol–water partition coefficient (Wildman–Crippen LogP) is 3.02. The maximum atomic E-state index is 11.1. The van der Waals surface area contributed by atoms with Crippen LogP contribution in [-0.4, -0.2) is 20.6 Å². The van der Waals surface area contributed by atoms with E-state index in [1.807, 2.05) is 0 Å². The van der Waals surface area contributed by atoms with Crippen LogP contribution in [0.4, 0.5) is 5.69 Å². The van der Waals surface area contributed by atoms with Crippen LogP contribution in [0.1, 0.15) is 0 Å². The summed E-state index contributed by atoms with van der Waals surface area (Å²) in [5.74, 6) is -0.381. The minimum Gasteiger partial charge on any atom is -0.480 e. The fourth-order valence-electron chi connectivity index (χ4n) is 2.28. The maximum Gasteiger partial charge on any atom is 0.323 e. The number of imidazole rings is 1. The van der Waals surface area contributed by atoms with Gasteiger partial charge in [-0.1, -0.05) is 17.7 Å². The molecule has 0 amide bonds. The van der Waals surface area contributed by atoms with E-state index in [0.29, 0.717) is 27.6 Å². The number of anilines is 1. The van der Waals surface area contributed by atoms with Gasteiger partial charge in [0.15, 0.2) is 0 Å². The summed E-state index contributed by atoms with van der Waals surface area (Å²) in [6.45, 7) is -0.183. The van der Waals surface area contributed by atoms with Crippen LogP contribution in [-0.2, 0) is 11.3 Å². The van der Waals surface area contributed by atoms with E-state index in [4.69, 9.17) is 22.4 Å². The molecule has 0 bridgehead atoms. The lowest BCUT2D eigenvalue weighted by atomic mass is 10.2. The molecule has 0 aliphatic heterocycles. The number of hydrogen-bond acceptors (Lipinski definition) is 3. The van der Waals surface area contributed by atoms with Crippen molar-refractivity contribution in [2.24, 2.45) is 0 Å². The second kappa shape index (κ2) is 5.10. The van der Waals surface area contributed by atoms with E-state index in [0.717, 1.165) is 5.56 Å². The molecule has 106 valence electrons. The quantitative estimate of drug-likeness (QED) is 0.729. The molecule has 0 fully saturated rings. The zero-order chi connectivity index (χ0) is 15.0. The number of para-hydroxylation sites is 1. The molecule has 0 unspecified atom stereocenters. The number of carboxylic acid groups (broad SMARTS) is 1. The number of benzene rings is 2. The Morgan fingerprint density at radius 3 is 2.62 bits per heavy atom. The SMILES string of the molecule is Nc1cccc2c1nc(-c1ccc(Cl)cc1)n2CC(=O)O. The number of nitrogens with two attached hydrogens (primary N) is 1. The van der Waals surface area contributed by atoms with Gasteiger partial charge in [-0.15, -0.1) is 0 Å². The molecule has 0 saturated heterocycles. The topological polar surface area (TPSA) is 81.1 Å². The van der Waals surface area contributed by atoms with E-state index >= 15 is 0 Å². The average Bonchev–Trinajstić information content (AvgIpc) is 2.80. The number of hydrogen-bond donors (Lipinski definition) is 2. The van der Waals surface area contributed by atoms with Gasteiger partial charge >= 0.3 is 5.97 Å². The van der Waals surface area contributed by atoms with E-state index in [-0.39, 0.29) is 6.54 Å². The van der Waals surface area contributed by atoms with Crippen LogP contribution in [0.5, 0.6) is 0 Å². The van der Waals surface area contributed by atoms with Gasteiger partial charge in [-0.3, -0.25) is 4.79 Å². The van der Waals surface area contributed by atoms with E-state index < -0.39 is 5.97 Å². The van der Waals surface area contributed by atoms with Gasteiger partial charge in [-0.05, 0) is 36.4 Å². The van der Waals surface area contributed by atoms with Gasteiger partial charge < -0.3 is 15.4 Å². The Morgan fingerprint density at radius 2 is 1.95 bits per heavy atom. The number of carboxylic acids is 1. The summed E-state index contributed by atoms with van der Waals surface area (Å²) in [4.78, 5) is 15.6. The number of rotatable bonds is 3. The Kier molecular flexibility index (Phi) is 3.27. The molecule has 0 atom stereocenters. The molecule has 3 N–H and O–H groups in total. The Balaban J connectivity index is 2.27. The summed E-state index contributed by atoms with van der Waals surface area (Å²) >= 11 is 5.89. The summed E-state index contributed by atoms with van der Waals surface area (Å²) in [5.41, 5.74) is 8.53. The Labute approximate surface area is 125 Å². The van der Waals surface area contributed by atoms with Crippen molar-refractivity contribution in [1.82, 2.24) is 9.55 Å². The highest BCUT2D eigenvalue weighted by Crippen LogP contribution is 2.28. The molecular weight excluding hydrogens is 290 g/mol. The first-order valence-corrected chi connectivity index (χ1v) is 6.66. The third kappa shape index (κ3) is 2.43. The summed E-state index contributed by atoms with van der Waals surface area (Å²) in [7, 11) is 0. The molecule has 0 spiro atoms. The standard InChI is InChI=1S/C15H12ClN3O2/c16-10-6-4-9(5-7-10)15-18-14-11(17)2-1-3-12(14)19(15)8-13(20)21/h1-7H,8,17H2,(H,20,21). The first-order valence-electron chi connectivity index (χ1n) is 6.28. The second-order valence-electron chi connectivity index (χ2n) is 4.64. The van der Waals surface area contributed by atoms with Gasteiger partial charge in [0, 0.05) is 10.6 Å². The van der Waals surface area contributed by atoms with Crippen LogP contribution in [0.15, 0.2) is 42.5 Å². The molecular formula is C15H12ClN3O2. The molecule has 6 heteroatoms. The predicted molar refractivity (Wildman–Crippen MR) is 82.2 cm³/mol. The highest BCUT2D eigenvalue weighted by molar-refractivity contribution is 6.30. The van der Waals surface area contributed by atoms with Gasteiger partial charge in [-0.2, -0.15) is 0 Å². The second-order valence-corrected chi connectivity index (χ2v) is 5.07. The Hall–Kier alpha value is -2.53. The Bertz CT molecular complexity index is 825. The molecule has 0 radical (unpaired) electrons. The van der Waals surface area contributed by atoms with E-state index in [9.17, 15) is 4.79 Å². The summed E-state index contributed by atoms with van der Waals surface area (Å²) in [6, 6.07) is 12.4. The van der Waals surface area contributed by atoms with Crippen LogP contribution in [0.25, 0.3) is 22.4 Å². The normalized spacial score (nSPS) is 10.9. The highest BCUT2D eigenvalue weighted by Gasteiger charge is 2.16. The van der Waals surface area contributed by atoms with Gasteiger partial charge in [-0.25, -0.2) is 4.98 Å². The smallest absolute Gasteiger partial charge is 0.323 e. The van der Waals surface area contributed by atoms with Crippen molar-refractivity contribution in [3.05, 3.63) is 47.5 Å². The van der Waals surface area contributed by atoms with Crippen molar-refractivity contribution in [3.63, 3.8) is 0 Å². The number of halogens is 1. The van der Waals surface area contributed by atoms with Crippen molar-refractivity contribution in [2.75, 3.05) is 5.73 Å². The molecule has 1 aromatic heterocycles. The van der Waals surface area contributed by atoms with Crippen LogP contribution in [0.3, 0.4) is 0 Å². The van der Waals surface area contributed by atoms with Crippen LogP contribution < -0.4 is 5.73 Å². The lowest BCUT2D eigenvalue weighted by Crippen LogP contribution is -2.10. The highest BCUT2D eigenvalue weighted by atomic mass is 35.5. The van der Waals surface area contributed by atoms with Crippen LogP contribution in [0, 0.1) is 0 Å². The van der Waals surface area contributed by atoms with E-state index in [2.05, 4.69) is 4.98 Å². The van der Waals surface area contributed by atoms with Crippen molar-refractivity contribution < 1.29 is 9.90 Å². The fraction of sp³-hybridized carbons (Fsp3) is 0.0667. The van der Waals surface area contributed by atoms with Crippen molar-refractivity contribution in [3.8, 4) is 11.4 Å². The summed E-state index contributed by atoms with van der Waals surface area (Å²) in [6.07, 6.45) is 0. The summed E-state index contributed by atoms with van der Waals surface area (Å²) in [5, 5.41) is 9.74. The third-order valence-electron chi connectivity index (χ3n) is 3.21. The monoisotopic (exact) mass is 301 g/mol. The first kappa shape index (κ1) is 13.5. The molecule has 0 aliphatic rings. The molecule has 2 aromatic carbocycles. The molecule has 5 nitrogen and oxygen atoms in total. The molecule has 3 rings (SSSR count). The largest absolute Gasteiger partial charge is 0.480 e. The molecule has 0 aliphatic carbocycles. The van der Waals surface area contributed by atoms with Gasteiger partial charge in [0.1, 0.15) is 17.9 Å². The molecule has 21 heavy (non-hydrogen) atoms. The number of carbonyl (C=O) groups is 1. The van der Waals surface area contributed by atoms with Gasteiger partial charge in [0.05, 0.1) is 11.2 Å². The number of fused-ring (bicyclic) bond motifs is 1. The molecule has 1 heterocycles. The minimum atomic E-state index is -0.938. The zero-order valence-corrected chi connectivity index (χ0v) is 11.7. The first-order chi connectivity index (χ1) is 10.1. The number of nitrogens with zero attached hydrogens (tertiary/aromatic N) is 2. The van der Waals surface area contributed by atoms with Crippen LogP contribution in [0.2, 0.25) is 5.02 Å². The molecule has 3 aromatic rings. The average molecular weight is 302 g/mol. The zero-order valence-electron chi connectivity index (χ0n) is 11.0.